The van der Waals surface area contributed by atoms with Crippen molar-refractivity contribution in [2.24, 2.45) is 0 Å². The zero-order chi connectivity index (χ0) is 14.8. The summed E-state index contributed by atoms with van der Waals surface area (Å²) in [5.41, 5.74) is 0.141. The Balaban J connectivity index is 2.07. The summed E-state index contributed by atoms with van der Waals surface area (Å²) >= 11 is 4.67. The largest absolute Gasteiger partial charge is 0.314 e. The summed E-state index contributed by atoms with van der Waals surface area (Å²) in [4.78, 5) is 3.11. The van der Waals surface area contributed by atoms with E-state index in [9.17, 15) is 8.78 Å². The van der Waals surface area contributed by atoms with Crippen molar-refractivity contribution in [3.8, 4) is 0 Å². The highest BCUT2D eigenvalue weighted by Crippen LogP contribution is 2.36. The van der Waals surface area contributed by atoms with Crippen molar-refractivity contribution in [1.82, 2.24) is 10.2 Å². The maximum Gasteiger partial charge on any atom is 0.132 e. The number of benzene rings is 1. The highest BCUT2D eigenvalue weighted by molar-refractivity contribution is 9.10. The second-order valence-electron chi connectivity index (χ2n) is 4.99. The molecule has 2 heterocycles. The minimum atomic E-state index is -0.501. The third-order valence-electron chi connectivity index (χ3n) is 3.65. The number of nitrogens with zero attached hydrogens (tertiary/aromatic N) is 1. The van der Waals surface area contributed by atoms with Crippen LogP contribution in [-0.4, -0.2) is 31.1 Å². The Morgan fingerprint density at radius 3 is 2.43 bits per heavy atom. The molecule has 1 atom stereocenters. The van der Waals surface area contributed by atoms with E-state index in [2.05, 4.69) is 26.1 Å². The minimum absolute atomic E-state index is 0.141. The average Bonchev–Trinajstić information content (AvgIpc) is 2.97. The predicted molar refractivity (Wildman–Crippen MR) is 84.7 cm³/mol. The van der Waals surface area contributed by atoms with Crippen LogP contribution >= 0.6 is 27.3 Å². The number of hydrogen-bond donors (Lipinski definition) is 1. The molecule has 0 saturated carbocycles. The van der Waals surface area contributed by atoms with E-state index in [-0.39, 0.29) is 11.6 Å². The van der Waals surface area contributed by atoms with Gasteiger partial charge in [-0.25, -0.2) is 8.78 Å². The lowest BCUT2D eigenvalue weighted by molar-refractivity contribution is 0.194. The summed E-state index contributed by atoms with van der Waals surface area (Å²) in [6.07, 6.45) is 0. The van der Waals surface area contributed by atoms with Crippen molar-refractivity contribution < 1.29 is 8.78 Å². The van der Waals surface area contributed by atoms with E-state index in [0.717, 1.165) is 31.1 Å². The van der Waals surface area contributed by atoms with Crippen LogP contribution in [0.5, 0.6) is 0 Å². The highest BCUT2D eigenvalue weighted by atomic mass is 79.9. The van der Waals surface area contributed by atoms with Crippen LogP contribution in [0, 0.1) is 11.6 Å². The van der Waals surface area contributed by atoms with Crippen molar-refractivity contribution in [2.45, 2.75) is 6.04 Å². The first-order valence-corrected chi connectivity index (χ1v) is 8.46. The van der Waals surface area contributed by atoms with Gasteiger partial charge in [0.2, 0.25) is 0 Å². The van der Waals surface area contributed by atoms with Gasteiger partial charge in [-0.1, -0.05) is 22.0 Å². The van der Waals surface area contributed by atoms with Gasteiger partial charge in [-0.3, -0.25) is 4.90 Å². The van der Waals surface area contributed by atoms with E-state index in [1.165, 1.54) is 23.5 Å². The molecule has 1 N–H and O–H groups in total. The molecule has 21 heavy (non-hydrogen) atoms. The molecular formula is C15H15BrF2N2S. The van der Waals surface area contributed by atoms with Gasteiger partial charge in [0.25, 0.3) is 0 Å². The molecule has 0 bridgehead atoms. The summed E-state index contributed by atoms with van der Waals surface area (Å²) in [5, 5.41) is 5.22. The quantitative estimate of drug-likeness (QED) is 0.881. The van der Waals surface area contributed by atoms with E-state index in [4.69, 9.17) is 0 Å². The van der Waals surface area contributed by atoms with Gasteiger partial charge >= 0.3 is 0 Å². The molecule has 3 rings (SSSR count). The SMILES string of the molecule is Fc1cc(Br)cc(F)c1[C@@H](c1cccs1)N1CCNCC1. The van der Waals surface area contributed by atoms with Crippen LogP contribution in [0.25, 0.3) is 0 Å². The van der Waals surface area contributed by atoms with Crippen LogP contribution in [0.15, 0.2) is 34.1 Å². The van der Waals surface area contributed by atoms with Crippen LogP contribution in [0.2, 0.25) is 0 Å². The monoisotopic (exact) mass is 372 g/mol. The summed E-state index contributed by atoms with van der Waals surface area (Å²) < 4.78 is 29.2. The topological polar surface area (TPSA) is 15.3 Å². The first-order valence-electron chi connectivity index (χ1n) is 6.79. The van der Waals surface area contributed by atoms with E-state index in [1.54, 1.807) is 0 Å². The maximum absolute atomic E-state index is 14.4. The van der Waals surface area contributed by atoms with Gasteiger partial charge in [0.1, 0.15) is 11.6 Å². The number of hydrogen-bond acceptors (Lipinski definition) is 3. The van der Waals surface area contributed by atoms with Gasteiger partial charge < -0.3 is 5.32 Å². The Morgan fingerprint density at radius 2 is 1.86 bits per heavy atom. The molecule has 0 radical (unpaired) electrons. The fraction of sp³-hybridized carbons (Fsp3) is 0.333. The van der Waals surface area contributed by atoms with E-state index in [0.29, 0.717) is 4.47 Å². The molecule has 0 aliphatic carbocycles. The maximum atomic E-state index is 14.4. The Hall–Kier alpha value is -0.820. The molecule has 6 heteroatoms. The van der Waals surface area contributed by atoms with Crippen LogP contribution in [0.1, 0.15) is 16.5 Å². The first kappa shape index (κ1) is 15.1. The molecular weight excluding hydrogens is 358 g/mol. The van der Waals surface area contributed by atoms with Gasteiger partial charge in [0.05, 0.1) is 6.04 Å². The smallest absolute Gasteiger partial charge is 0.132 e. The Kier molecular flexibility index (Phi) is 4.69. The summed E-state index contributed by atoms with van der Waals surface area (Å²) in [7, 11) is 0. The number of piperazine rings is 1. The fourth-order valence-electron chi connectivity index (χ4n) is 2.71. The number of rotatable bonds is 3. The van der Waals surface area contributed by atoms with Crippen molar-refractivity contribution >= 4 is 27.3 Å². The van der Waals surface area contributed by atoms with Gasteiger partial charge in [-0.15, -0.1) is 11.3 Å². The molecule has 2 aromatic rings. The number of thiophene rings is 1. The molecule has 1 saturated heterocycles. The standard InChI is InChI=1S/C15H15BrF2N2S/c16-10-8-11(17)14(12(18)9-10)15(13-2-1-7-21-13)20-5-3-19-4-6-20/h1-2,7-9,15,19H,3-6H2/t15-/m1/s1. The third kappa shape index (κ3) is 3.18. The second kappa shape index (κ2) is 6.52. The van der Waals surface area contributed by atoms with Gasteiger partial charge in [0.15, 0.2) is 0 Å². The number of halogens is 3. The minimum Gasteiger partial charge on any atom is -0.314 e. The number of nitrogens with one attached hydrogen (secondary N) is 1. The first-order chi connectivity index (χ1) is 10.2. The van der Waals surface area contributed by atoms with Crippen molar-refractivity contribution in [2.75, 3.05) is 26.2 Å². The third-order valence-corrected chi connectivity index (χ3v) is 5.03. The highest BCUT2D eigenvalue weighted by Gasteiger charge is 2.29. The summed E-state index contributed by atoms with van der Waals surface area (Å²) in [6.45, 7) is 3.22. The van der Waals surface area contributed by atoms with E-state index in [1.807, 2.05) is 17.5 Å². The average molecular weight is 373 g/mol. The summed E-state index contributed by atoms with van der Waals surface area (Å²) in [5.74, 6) is -1.00. The fourth-order valence-corrected chi connectivity index (χ4v) is 3.98. The Morgan fingerprint density at radius 1 is 1.19 bits per heavy atom. The zero-order valence-electron chi connectivity index (χ0n) is 11.3. The molecule has 0 unspecified atom stereocenters. The lowest BCUT2D eigenvalue weighted by Gasteiger charge is -2.35. The molecule has 2 nitrogen and oxygen atoms in total. The molecule has 1 aromatic carbocycles. The van der Waals surface area contributed by atoms with Gasteiger partial charge in [-0.05, 0) is 23.6 Å². The van der Waals surface area contributed by atoms with Crippen LogP contribution in [-0.2, 0) is 0 Å². The van der Waals surface area contributed by atoms with Gasteiger partial charge in [0, 0.05) is 41.1 Å². The normalized spacial score (nSPS) is 17.9. The van der Waals surface area contributed by atoms with Crippen molar-refractivity contribution in [3.05, 3.63) is 56.2 Å². The van der Waals surface area contributed by atoms with Crippen LogP contribution < -0.4 is 5.32 Å². The Bertz CT molecular complexity index is 589. The molecule has 0 spiro atoms. The summed E-state index contributed by atoms with van der Waals surface area (Å²) in [6, 6.07) is 6.17. The van der Waals surface area contributed by atoms with Crippen molar-refractivity contribution in [1.29, 1.82) is 0 Å². The van der Waals surface area contributed by atoms with E-state index >= 15 is 0 Å². The van der Waals surface area contributed by atoms with Crippen LogP contribution in [0.3, 0.4) is 0 Å². The zero-order valence-corrected chi connectivity index (χ0v) is 13.7. The second-order valence-corrected chi connectivity index (χ2v) is 6.88. The van der Waals surface area contributed by atoms with Crippen LogP contribution in [0.4, 0.5) is 8.78 Å². The van der Waals surface area contributed by atoms with E-state index < -0.39 is 11.6 Å². The molecule has 112 valence electrons. The van der Waals surface area contributed by atoms with Crippen molar-refractivity contribution in [3.63, 3.8) is 0 Å². The predicted octanol–water partition coefficient (Wildman–Crippen LogP) is 3.78. The molecule has 1 aromatic heterocycles. The lowest BCUT2D eigenvalue weighted by atomic mass is 10.0. The molecule has 0 amide bonds. The van der Waals surface area contributed by atoms with Gasteiger partial charge in [-0.2, -0.15) is 0 Å². The molecule has 1 aliphatic heterocycles. The Labute approximate surface area is 134 Å². The molecule has 1 aliphatic rings. The lowest BCUT2D eigenvalue weighted by Crippen LogP contribution is -2.45. The molecule has 1 fully saturated rings.